The smallest absolute Gasteiger partial charge is 0.0987 e. The summed E-state index contributed by atoms with van der Waals surface area (Å²) in [6.45, 7) is 0.739. The first-order valence-electron chi connectivity index (χ1n) is 5.99. The zero-order valence-corrected chi connectivity index (χ0v) is 9.11. The summed E-state index contributed by atoms with van der Waals surface area (Å²) in [7, 11) is 0. The molecule has 0 aromatic heterocycles. The van der Waals surface area contributed by atoms with Gasteiger partial charge in [-0.2, -0.15) is 5.26 Å². The van der Waals surface area contributed by atoms with Gasteiger partial charge >= 0.3 is 0 Å². The second kappa shape index (κ2) is 4.51. The largest absolute Gasteiger partial charge is 0.389 e. The van der Waals surface area contributed by atoms with Crippen LogP contribution >= 0.6 is 0 Å². The van der Waals surface area contributed by atoms with Gasteiger partial charge in [-0.25, -0.2) is 0 Å². The van der Waals surface area contributed by atoms with E-state index >= 15 is 0 Å². The Morgan fingerprint density at radius 1 is 1.27 bits per heavy atom. The lowest BCUT2D eigenvalue weighted by molar-refractivity contribution is -0.0657. The van der Waals surface area contributed by atoms with E-state index in [-0.39, 0.29) is 6.10 Å². The lowest BCUT2D eigenvalue weighted by atomic mass is 9.69. The molecule has 2 rings (SSSR count). The summed E-state index contributed by atoms with van der Waals surface area (Å²) in [6.07, 6.45) is 6.26. The Morgan fingerprint density at radius 3 is 2.53 bits per heavy atom. The van der Waals surface area contributed by atoms with E-state index in [1.54, 1.807) is 0 Å². The minimum atomic E-state index is -0.578. The number of rotatable bonds is 2. The second-order valence-corrected chi connectivity index (χ2v) is 4.82. The van der Waals surface area contributed by atoms with Gasteiger partial charge in [0, 0.05) is 6.61 Å². The first kappa shape index (κ1) is 10.9. The molecule has 2 unspecified atom stereocenters. The highest BCUT2D eigenvalue weighted by atomic mass is 16.5. The fourth-order valence-corrected chi connectivity index (χ4v) is 2.86. The van der Waals surface area contributed by atoms with Crippen LogP contribution in [0.4, 0.5) is 0 Å². The van der Waals surface area contributed by atoms with Crippen LogP contribution in [0.15, 0.2) is 0 Å². The van der Waals surface area contributed by atoms with E-state index in [1.165, 1.54) is 6.42 Å². The van der Waals surface area contributed by atoms with Crippen molar-refractivity contribution in [1.29, 1.82) is 5.26 Å². The topological polar surface area (TPSA) is 53.2 Å². The second-order valence-electron chi connectivity index (χ2n) is 4.82. The van der Waals surface area contributed by atoms with Crippen molar-refractivity contribution < 1.29 is 9.84 Å². The van der Waals surface area contributed by atoms with Crippen molar-refractivity contribution in [2.75, 3.05) is 6.61 Å². The molecule has 3 heteroatoms. The molecule has 15 heavy (non-hydrogen) atoms. The third kappa shape index (κ3) is 2.02. The molecule has 0 aromatic rings. The first-order chi connectivity index (χ1) is 7.28. The Labute approximate surface area is 91.0 Å². The fraction of sp³-hybridized carbons (Fsp3) is 0.917. The van der Waals surface area contributed by atoms with E-state index < -0.39 is 11.5 Å². The summed E-state index contributed by atoms with van der Waals surface area (Å²) in [6, 6.07) is 2.36. The van der Waals surface area contributed by atoms with Gasteiger partial charge in [0.25, 0.3) is 0 Å². The average Bonchev–Trinajstić information content (AvgIpc) is 2.82. The fourth-order valence-electron chi connectivity index (χ4n) is 2.86. The number of aliphatic hydroxyl groups excluding tert-OH is 1. The summed E-state index contributed by atoms with van der Waals surface area (Å²) in [4.78, 5) is 0. The van der Waals surface area contributed by atoms with Crippen LogP contribution in [-0.4, -0.2) is 23.9 Å². The van der Waals surface area contributed by atoms with Crippen LogP contribution in [0, 0.1) is 16.7 Å². The Kier molecular flexibility index (Phi) is 3.28. The third-order valence-corrected chi connectivity index (χ3v) is 3.85. The van der Waals surface area contributed by atoms with Crippen molar-refractivity contribution in [2.24, 2.45) is 5.41 Å². The van der Waals surface area contributed by atoms with Crippen molar-refractivity contribution in [3.8, 4) is 6.07 Å². The van der Waals surface area contributed by atoms with Crippen molar-refractivity contribution in [2.45, 2.75) is 57.2 Å². The molecule has 3 nitrogen and oxygen atoms in total. The zero-order chi connectivity index (χ0) is 10.7. The van der Waals surface area contributed by atoms with E-state index in [0.29, 0.717) is 0 Å². The average molecular weight is 209 g/mol. The molecule has 1 N–H and O–H groups in total. The number of aliphatic hydroxyl groups is 1. The van der Waals surface area contributed by atoms with E-state index in [2.05, 4.69) is 6.07 Å². The lowest BCUT2D eigenvalue weighted by Gasteiger charge is -2.37. The molecule has 1 aliphatic heterocycles. The number of ether oxygens (including phenoxy) is 1. The maximum Gasteiger partial charge on any atom is 0.0987 e. The number of nitriles is 1. The van der Waals surface area contributed by atoms with E-state index in [0.717, 1.165) is 45.1 Å². The van der Waals surface area contributed by atoms with E-state index in [9.17, 15) is 10.4 Å². The highest BCUT2D eigenvalue weighted by molar-refractivity contribution is 5.07. The van der Waals surface area contributed by atoms with Crippen LogP contribution < -0.4 is 0 Å². The summed E-state index contributed by atoms with van der Waals surface area (Å²) in [5, 5.41) is 19.6. The van der Waals surface area contributed by atoms with Crippen LogP contribution in [0.3, 0.4) is 0 Å². The maximum absolute atomic E-state index is 10.3. The maximum atomic E-state index is 10.3. The molecule has 84 valence electrons. The molecular weight excluding hydrogens is 190 g/mol. The van der Waals surface area contributed by atoms with Gasteiger partial charge in [-0.15, -0.1) is 0 Å². The van der Waals surface area contributed by atoms with Gasteiger partial charge in [-0.05, 0) is 25.7 Å². The Balaban J connectivity index is 2.07. The quantitative estimate of drug-likeness (QED) is 0.756. The molecule has 0 aromatic carbocycles. The van der Waals surface area contributed by atoms with Crippen LogP contribution in [0.2, 0.25) is 0 Å². The highest BCUT2D eigenvalue weighted by Crippen LogP contribution is 2.41. The van der Waals surface area contributed by atoms with Crippen molar-refractivity contribution in [1.82, 2.24) is 0 Å². The van der Waals surface area contributed by atoms with Crippen molar-refractivity contribution in [3.63, 3.8) is 0 Å². The molecule has 2 fully saturated rings. The Morgan fingerprint density at radius 2 is 2.00 bits per heavy atom. The van der Waals surface area contributed by atoms with E-state index in [1.807, 2.05) is 0 Å². The standard InChI is InChI=1S/C12H19NO2/c13-9-12(6-2-1-3-7-12)11(14)10-5-4-8-15-10/h10-11,14H,1-8H2. The zero-order valence-electron chi connectivity index (χ0n) is 9.11. The molecule has 1 saturated carbocycles. The number of hydrogen-bond donors (Lipinski definition) is 1. The Bertz CT molecular complexity index is 247. The number of nitrogens with zero attached hydrogens (tertiary/aromatic N) is 1. The highest BCUT2D eigenvalue weighted by Gasteiger charge is 2.44. The molecule has 1 aliphatic carbocycles. The van der Waals surface area contributed by atoms with Crippen LogP contribution in [0.5, 0.6) is 0 Å². The van der Waals surface area contributed by atoms with Gasteiger partial charge in [0.2, 0.25) is 0 Å². The predicted molar refractivity (Wildman–Crippen MR) is 56.1 cm³/mol. The van der Waals surface area contributed by atoms with Gasteiger partial charge in [0.05, 0.1) is 23.7 Å². The predicted octanol–water partition coefficient (Wildman–Crippen LogP) is 2.00. The van der Waals surface area contributed by atoms with Crippen LogP contribution in [0.25, 0.3) is 0 Å². The van der Waals surface area contributed by atoms with E-state index in [4.69, 9.17) is 4.74 Å². The minimum absolute atomic E-state index is 0.0947. The molecule has 0 spiro atoms. The van der Waals surface area contributed by atoms with Crippen molar-refractivity contribution >= 4 is 0 Å². The molecular formula is C12H19NO2. The summed E-state index contributed by atoms with van der Waals surface area (Å²) < 4.78 is 5.49. The van der Waals surface area contributed by atoms with Crippen LogP contribution in [0.1, 0.15) is 44.9 Å². The van der Waals surface area contributed by atoms with Crippen molar-refractivity contribution in [3.05, 3.63) is 0 Å². The van der Waals surface area contributed by atoms with Gasteiger partial charge < -0.3 is 9.84 Å². The summed E-state index contributed by atoms with van der Waals surface area (Å²) in [5.74, 6) is 0. The summed E-state index contributed by atoms with van der Waals surface area (Å²) >= 11 is 0. The molecule has 0 radical (unpaired) electrons. The molecule has 2 aliphatic rings. The van der Waals surface area contributed by atoms with Gasteiger partial charge in [0.15, 0.2) is 0 Å². The van der Waals surface area contributed by atoms with Crippen LogP contribution in [-0.2, 0) is 4.74 Å². The molecule has 0 bridgehead atoms. The summed E-state index contributed by atoms with van der Waals surface area (Å²) in [5.41, 5.74) is -0.521. The lowest BCUT2D eigenvalue weighted by Crippen LogP contribution is -2.43. The molecule has 0 amide bonds. The molecule has 1 saturated heterocycles. The SMILES string of the molecule is N#CC1(C(O)C2CCCO2)CCCCC1. The number of hydrogen-bond acceptors (Lipinski definition) is 3. The molecule has 2 atom stereocenters. The minimum Gasteiger partial charge on any atom is -0.389 e. The normalized spacial score (nSPS) is 32.1. The molecule has 1 heterocycles. The monoisotopic (exact) mass is 209 g/mol. The Hall–Kier alpha value is -0.590. The first-order valence-corrected chi connectivity index (χ1v) is 5.99. The third-order valence-electron chi connectivity index (χ3n) is 3.85. The van der Waals surface area contributed by atoms with Gasteiger partial charge in [0.1, 0.15) is 0 Å². The van der Waals surface area contributed by atoms with Gasteiger partial charge in [-0.1, -0.05) is 19.3 Å². The van der Waals surface area contributed by atoms with Gasteiger partial charge in [-0.3, -0.25) is 0 Å².